The van der Waals surface area contributed by atoms with Gasteiger partial charge < -0.3 is 5.11 Å². The highest BCUT2D eigenvalue weighted by Gasteiger charge is 2.18. The van der Waals surface area contributed by atoms with Gasteiger partial charge in [0.05, 0.1) is 5.60 Å². The summed E-state index contributed by atoms with van der Waals surface area (Å²) in [5.41, 5.74) is -0.136. The summed E-state index contributed by atoms with van der Waals surface area (Å²) in [6, 6.07) is 0. The molecule has 12 heavy (non-hydrogen) atoms. The van der Waals surface area contributed by atoms with Crippen molar-refractivity contribution in [2.24, 2.45) is 0 Å². The van der Waals surface area contributed by atoms with Crippen LogP contribution in [-0.2, 0) is 4.79 Å². The first kappa shape index (κ1) is 11.1. The largest absolute Gasteiger partial charge is 0.386 e. The second-order valence-corrected chi connectivity index (χ2v) is 3.43. The molecule has 2 nitrogen and oxygen atoms in total. The number of allylic oxidation sites excluding steroid dienone is 2. The summed E-state index contributed by atoms with van der Waals surface area (Å²) in [5.74, 6) is -0.0695. The third-order valence-electron chi connectivity index (χ3n) is 1.42. The van der Waals surface area contributed by atoms with E-state index in [1.165, 1.54) is 12.2 Å². The molecule has 0 heterocycles. The van der Waals surface area contributed by atoms with Gasteiger partial charge in [0, 0.05) is 6.42 Å². The van der Waals surface area contributed by atoms with Crippen molar-refractivity contribution in [1.29, 1.82) is 0 Å². The average molecular weight is 168 g/mol. The second kappa shape index (κ2) is 4.21. The molecule has 68 valence electrons. The topological polar surface area (TPSA) is 37.3 Å². The molecule has 0 saturated heterocycles. The minimum absolute atomic E-state index is 0.0695. The first-order chi connectivity index (χ1) is 5.37. The normalized spacial score (nSPS) is 14.7. The Balaban J connectivity index is 4.19. The molecule has 0 rings (SSSR count). The lowest BCUT2D eigenvalue weighted by Crippen LogP contribution is -2.23. The minimum Gasteiger partial charge on any atom is -0.386 e. The Morgan fingerprint density at radius 2 is 2.08 bits per heavy atom. The fourth-order valence-corrected chi connectivity index (χ4v) is 0.798. The number of carbonyl (C=O) groups excluding carboxylic acids is 1. The van der Waals surface area contributed by atoms with E-state index in [-0.39, 0.29) is 12.2 Å². The van der Waals surface area contributed by atoms with E-state index >= 15 is 0 Å². The zero-order valence-corrected chi connectivity index (χ0v) is 7.92. The van der Waals surface area contributed by atoms with Crippen molar-refractivity contribution >= 4 is 5.78 Å². The van der Waals surface area contributed by atoms with Crippen LogP contribution in [0.2, 0.25) is 0 Å². The van der Waals surface area contributed by atoms with E-state index in [1.807, 2.05) is 13.8 Å². The summed E-state index contributed by atoms with van der Waals surface area (Å²) >= 11 is 0. The number of aliphatic hydroxyl groups is 1. The number of carbonyl (C=O) groups is 1. The van der Waals surface area contributed by atoms with Crippen molar-refractivity contribution in [3.63, 3.8) is 0 Å². The Morgan fingerprint density at radius 3 is 2.42 bits per heavy atom. The molecule has 2 heteroatoms. The van der Waals surface area contributed by atoms with Crippen molar-refractivity contribution < 1.29 is 9.90 Å². The summed E-state index contributed by atoms with van der Waals surface area (Å²) < 4.78 is 0. The van der Waals surface area contributed by atoms with E-state index in [9.17, 15) is 9.90 Å². The van der Waals surface area contributed by atoms with Gasteiger partial charge in [0.1, 0.15) is 0 Å². The molecule has 0 aromatic heterocycles. The maximum Gasteiger partial charge on any atom is 0.158 e. The quantitative estimate of drug-likeness (QED) is 0.514. The van der Waals surface area contributed by atoms with Gasteiger partial charge in [0.2, 0.25) is 0 Å². The van der Waals surface area contributed by atoms with Crippen LogP contribution in [0, 0.1) is 0 Å². The Bertz CT molecular complexity index is 208. The van der Waals surface area contributed by atoms with Gasteiger partial charge >= 0.3 is 0 Å². The molecule has 1 atom stereocenters. The Hall–Kier alpha value is -0.890. The molecule has 0 radical (unpaired) electrons. The summed E-state index contributed by atoms with van der Waals surface area (Å²) in [6.45, 7) is 8.70. The summed E-state index contributed by atoms with van der Waals surface area (Å²) in [5, 5.41) is 9.44. The molecule has 1 unspecified atom stereocenters. The smallest absolute Gasteiger partial charge is 0.158 e. The Morgan fingerprint density at radius 1 is 1.58 bits per heavy atom. The summed E-state index contributed by atoms with van der Waals surface area (Å²) in [7, 11) is 0. The standard InChI is InChI=1S/C10H16O2/c1-5-10(4,12)7-9(11)6-8(2)3/h5-6,12H,1,7H2,2-4H3. The van der Waals surface area contributed by atoms with Crippen molar-refractivity contribution in [1.82, 2.24) is 0 Å². The molecule has 0 aromatic carbocycles. The predicted octanol–water partition coefficient (Wildman–Crippen LogP) is 1.85. The van der Waals surface area contributed by atoms with Crippen LogP contribution in [0.4, 0.5) is 0 Å². The van der Waals surface area contributed by atoms with Crippen LogP contribution in [0.25, 0.3) is 0 Å². The monoisotopic (exact) mass is 168 g/mol. The van der Waals surface area contributed by atoms with Gasteiger partial charge in [-0.2, -0.15) is 0 Å². The lowest BCUT2D eigenvalue weighted by Gasteiger charge is -2.15. The van der Waals surface area contributed by atoms with Gasteiger partial charge in [-0.25, -0.2) is 0 Å². The van der Waals surface area contributed by atoms with E-state index < -0.39 is 5.60 Å². The number of hydrogen-bond acceptors (Lipinski definition) is 2. The highest BCUT2D eigenvalue weighted by atomic mass is 16.3. The van der Waals surface area contributed by atoms with Crippen molar-refractivity contribution in [3.05, 3.63) is 24.3 Å². The van der Waals surface area contributed by atoms with Gasteiger partial charge in [0.15, 0.2) is 5.78 Å². The molecule has 1 N–H and O–H groups in total. The molecule has 0 aliphatic heterocycles. The molecule has 0 aromatic rings. The second-order valence-electron chi connectivity index (χ2n) is 3.43. The number of ketones is 1. The zero-order valence-electron chi connectivity index (χ0n) is 7.92. The fourth-order valence-electron chi connectivity index (χ4n) is 0.798. The summed E-state index contributed by atoms with van der Waals surface area (Å²) in [4.78, 5) is 11.1. The zero-order chi connectivity index (χ0) is 9.78. The van der Waals surface area contributed by atoms with Crippen LogP contribution in [0.15, 0.2) is 24.3 Å². The molecule has 0 bridgehead atoms. The highest BCUT2D eigenvalue weighted by Crippen LogP contribution is 2.11. The SMILES string of the molecule is C=CC(C)(O)CC(=O)C=C(C)C. The number of rotatable bonds is 4. The molecular weight excluding hydrogens is 152 g/mol. The lowest BCUT2D eigenvalue weighted by molar-refractivity contribution is -0.117. The Kier molecular flexibility index (Phi) is 3.90. The van der Waals surface area contributed by atoms with Crippen LogP contribution in [0.3, 0.4) is 0 Å². The first-order valence-corrected chi connectivity index (χ1v) is 3.91. The minimum atomic E-state index is -1.08. The van der Waals surface area contributed by atoms with E-state index in [0.717, 1.165) is 5.57 Å². The van der Waals surface area contributed by atoms with E-state index in [0.29, 0.717) is 0 Å². The third kappa shape index (κ3) is 4.85. The Labute approximate surface area is 73.6 Å². The molecule has 0 spiro atoms. The predicted molar refractivity (Wildman–Crippen MR) is 49.9 cm³/mol. The maximum atomic E-state index is 11.1. The van der Waals surface area contributed by atoms with Crippen LogP contribution >= 0.6 is 0 Å². The molecule has 0 saturated carbocycles. The molecule has 0 aliphatic carbocycles. The van der Waals surface area contributed by atoms with Crippen LogP contribution < -0.4 is 0 Å². The molecule has 0 aliphatic rings. The highest BCUT2D eigenvalue weighted by molar-refractivity contribution is 5.91. The van der Waals surface area contributed by atoms with Gasteiger partial charge in [-0.3, -0.25) is 4.79 Å². The molecule has 0 amide bonds. The van der Waals surface area contributed by atoms with Crippen LogP contribution in [-0.4, -0.2) is 16.5 Å². The van der Waals surface area contributed by atoms with Gasteiger partial charge in [-0.05, 0) is 26.8 Å². The molecule has 0 fully saturated rings. The van der Waals surface area contributed by atoms with Crippen LogP contribution in [0.1, 0.15) is 27.2 Å². The van der Waals surface area contributed by atoms with Gasteiger partial charge in [0.25, 0.3) is 0 Å². The van der Waals surface area contributed by atoms with E-state index in [1.54, 1.807) is 6.92 Å². The average Bonchev–Trinajstić information content (AvgIpc) is 1.84. The number of hydrogen-bond donors (Lipinski definition) is 1. The fraction of sp³-hybridized carbons (Fsp3) is 0.500. The van der Waals surface area contributed by atoms with Crippen LogP contribution in [0.5, 0.6) is 0 Å². The van der Waals surface area contributed by atoms with Gasteiger partial charge in [-0.1, -0.05) is 11.6 Å². The third-order valence-corrected chi connectivity index (χ3v) is 1.42. The first-order valence-electron chi connectivity index (χ1n) is 3.91. The van der Waals surface area contributed by atoms with E-state index in [4.69, 9.17) is 0 Å². The van der Waals surface area contributed by atoms with Crippen molar-refractivity contribution in [3.8, 4) is 0 Å². The van der Waals surface area contributed by atoms with Gasteiger partial charge in [-0.15, -0.1) is 6.58 Å². The van der Waals surface area contributed by atoms with E-state index in [2.05, 4.69) is 6.58 Å². The van der Waals surface area contributed by atoms with Crippen molar-refractivity contribution in [2.45, 2.75) is 32.8 Å². The van der Waals surface area contributed by atoms with Crippen molar-refractivity contribution in [2.75, 3.05) is 0 Å². The lowest BCUT2D eigenvalue weighted by atomic mass is 9.99. The maximum absolute atomic E-state index is 11.1. The molecular formula is C10H16O2. The summed E-state index contributed by atoms with van der Waals surface area (Å²) in [6.07, 6.45) is 3.00.